The molecule has 5 nitrogen and oxygen atoms in total. The molecule has 0 aromatic carbocycles. The van der Waals surface area contributed by atoms with Crippen LogP contribution in [-0.4, -0.2) is 23.1 Å². The molecule has 0 radical (unpaired) electrons. The van der Waals surface area contributed by atoms with E-state index in [1.165, 1.54) is 12.3 Å². The Hall–Kier alpha value is -0.915. The van der Waals surface area contributed by atoms with E-state index in [1.54, 1.807) is 0 Å². The number of nitrogens with two attached hydrogens (primary N) is 1. The van der Waals surface area contributed by atoms with Crippen molar-refractivity contribution in [2.45, 2.75) is 0 Å². The third-order valence-corrected chi connectivity index (χ3v) is 2.01. The van der Waals surface area contributed by atoms with E-state index in [1.807, 2.05) is 0 Å². The summed E-state index contributed by atoms with van der Waals surface area (Å²) in [6, 6.07) is 0. The third-order valence-electron chi connectivity index (χ3n) is 1.20. The highest BCUT2D eigenvalue weighted by atomic mass is 32.2. The van der Waals surface area contributed by atoms with Gasteiger partial charge in [0.15, 0.2) is 0 Å². The lowest BCUT2D eigenvalue weighted by atomic mass is 9.79. The second-order valence-electron chi connectivity index (χ2n) is 2.00. The molecule has 7 heteroatoms. The Morgan fingerprint density at radius 1 is 1.67 bits per heavy atom. The second-order valence-corrected chi connectivity index (χ2v) is 2.77. The van der Waals surface area contributed by atoms with Crippen molar-refractivity contribution in [2.24, 2.45) is 5.73 Å². The summed E-state index contributed by atoms with van der Waals surface area (Å²) in [5, 5.41) is 17.5. The van der Waals surface area contributed by atoms with Crippen LogP contribution in [0.3, 0.4) is 0 Å². The molecule has 4 N–H and O–H groups in total. The minimum atomic E-state index is -1.71. The Morgan fingerprint density at radius 3 is 2.75 bits per heavy atom. The van der Waals surface area contributed by atoms with E-state index in [0.717, 1.165) is 0 Å². The monoisotopic (exact) mass is 187 g/mol. The van der Waals surface area contributed by atoms with E-state index in [4.69, 9.17) is 15.8 Å². The van der Waals surface area contributed by atoms with Crippen molar-refractivity contribution in [3.05, 3.63) is 22.7 Å². The number of amides is 1. The van der Waals surface area contributed by atoms with Gasteiger partial charge in [-0.1, -0.05) is 0 Å². The molecule has 0 aromatic heterocycles. The maximum atomic E-state index is 10.7. The predicted molar refractivity (Wildman–Crippen MR) is 44.2 cm³/mol. The summed E-state index contributed by atoms with van der Waals surface area (Å²) in [6.07, 6.45) is 2.52. The Morgan fingerprint density at radius 2 is 2.33 bits per heavy atom. The van der Waals surface area contributed by atoms with Crippen LogP contribution in [0.25, 0.3) is 0 Å². The smallest absolute Gasteiger partial charge is 0.428 e. The molecule has 1 aliphatic heterocycles. The van der Waals surface area contributed by atoms with Crippen LogP contribution < -0.4 is 5.73 Å². The number of carbonyl (C=O) groups is 1. The van der Waals surface area contributed by atoms with Gasteiger partial charge in [-0.2, -0.15) is 0 Å². The van der Waals surface area contributed by atoms with E-state index in [0.29, 0.717) is 12.0 Å². The van der Waals surface area contributed by atoms with E-state index in [-0.39, 0.29) is 10.4 Å². The van der Waals surface area contributed by atoms with Gasteiger partial charge in [0.2, 0.25) is 0 Å². The highest BCUT2D eigenvalue weighted by molar-refractivity contribution is 7.99. The molecule has 0 saturated carbocycles. The molecular weight excluding hydrogens is 181 g/mol. The number of rotatable bonds is 2. The molecule has 0 saturated heterocycles. The zero-order chi connectivity index (χ0) is 9.14. The zero-order valence-electron chi connectivity index (χ0n) is 5.93. The number of hydrogen-bond donors (Lipinski definition) is 3. The maximum absolute atomic E-state index is 10.7. The van der Waals surface area contributed by atoms with Crippen LogP contribution in [0.2, 0.25) is 0 Å². The van der Waals surface area contributed by atoms with E-state index < -0.39 is 13.0 Å². The van der Waals surface area contributed by atoms with Crippen molar-refractivity contribution in [1.82, 2.24) is 0 Å². The van der Waals surface area contributed by atoms with Gasteiger partial charge >= 0.3 is 7.12 Å². The van der Waals surface area contributed by atoms with Crippen LogP contribution in [-0.2, 0) is 8.98 Å². The molecule has 1 heterocycles. The van der Waals surface area contributed by atoms with Crippen molar-refractivity contribution in [3.63, 3.8) is 0 Å². The highest BCUT2D eigenvalue weighted by Gasteiger charge is 2.24. The normalized spacial score (nSPS) is 15.8. The Balaban J connectivity index is 3.00. The summed E-state index contributed by atoms with van der Waals surface area (Å²) in [5.41, 5.74) is 5.00. The topological polar surface area (TPSA) is 92.8 Å². The largest absolute Gasteiger partial charge is 0.490 e. The zero-order valence-corrected chi connectivity index (χ0v) is 6.75. The Bertz CT molecular complexity index is 262. The van der Waals surface area contributed by atoms with Crippen LogP contribution in [0.15, 0.2) is 22.7 Å². The van der Waals surface area contributed by atoms with Crippen LogP contribution in [0.5, 0.6) is 0 Å². The van der Waals surface area contributed by atoms with Crippen molar-refractivity contribution >= 4 is 25.1 Å². The predicted octanol–water partition coefficient (Wildman–Crippen LogP) is -1.07. The van der Waals surface area contributed by atoms with Gasteiger partial charge in [-0.15, -0.1) is 0 Å². The lowest BCUT2D eigenvalue weighted by Crippen LogP contribution is -2.23. The van der Waals surface area contributed by atoms with Crippen molar-refractivity contribution in [3.8, 4) is 0 Å². The number of carbonyl (C=O) groups excluding carboxylic acids is 1. The summed E-state index contributed by atoms with van der Waals surface area (Å²) in [6.45, 7) is 0. The molecule has 0 atom stereocenters. The first-order valence-electron chi connectivity index (χ1n) is 3.03. The minimum absolute atomic E-state index is 0.00694. The van der Waals surface area contributed by atoms with Crippen LogP contribution >= 0.6 is 12.0 Å². The molecule has 1 rings (SSSR count). The molecule has 0 spiro atoms. The summed E-state index contributed by atoms with van der Waals surface area (Å²) in [7, 11) is -1.71. The van der Waals surface area contributed by atoms with Crippen LogP contribution in [0.1, 0.15) is 0 Å². The lowest BCUT2D eigenvalue weighted by molar-refractivity contribution is -0.113. The molecule has 1 amide bonds. The summed E-state index contributed by atoms with van der Waals surface area (Å²) >= 11 is 0.706. The first kappa shape index (κ1) is 9.18. The van der Waals surface area contributed by atoms with Gasteiger partial charge in [-0.3, -0.25) is 4.79 Å². The van der Waals surface area contributed by atoms with Crippen LogP contribution in [0, 0.1) is 0 Å². The Labute approximate surface area is 73.2 Å². The molecular formula is C5H6BNO4S. The third kappa shape index (κ3) is 1.82. The molecule has 0 fully saturated rings. The number of hydrogen-bond acceptors (Lipinski definition) is 5. The first-order chi connectivity index (χ1) is 5.63. The van der Waals surface area contributed by atoms with Gasteiger partial charge in [-0.05, 0) is 6.08 Å². The number of allylic oxidation sites excluding steroid dienone is 2. The first-order valence-corrected chi connectivity index (χ1v) is 3.77. The van der Waals surface area contributed by atoms with E-state index in [2.05, 4.69) is 4.18 Å². The molecule has 0 aliphatic carbocycles. The standard InChI is InChI=1S/C5H6BNO4S/c7-5(8)4-3(6(9)10)1-2-11-12-4/h1-2,9-10H,(H2,7,8). The maximum Gasteiger partial charge on any atom is 0.490 e. The fraction of sp³-hybridized carbons (Fsp3) is 0. The molecule has 12 heavy (non-hydrogen) atoms. The minimum Gasteiger partial charge on any atom is -0.428 e. The average molecular weight is 187 g/mol. The van der Waals surface area contributed by atoms with Gasteiger partial charge in [-0.25, -0.2) is 0 Å². The fourth-order valence-electron chi connectivity index (χ4n) is 0.687. The molecule has 1 aliphatic rings. The fourth-order valence-corrected chi connectivity index (χ4v) is 1.25. The average Bonchev–Trinajstić information content (AvgIpc) is 2.04. The van der Waals surface area contributed by atoms with E-state index in [9.17, 15) is 4.79 Å². The van der Waals surface area contributed by atoms with Gasteiger partial charge in [0.05, 0.1) is 12.0 Å². The summed E-state index contributed by atoms with van der Waals surface area (Å²) < 4.78 is 4.68. The quantitative estimate of drug-likeness (QED) is 0.378. The Kier molecular flexibility index (Phi) is 2.80. The summed E-state index contributed by atoms with van der Waals surface area (Å²) in [4.78, 5) is 10.7. The summed E-state index contributed by atoms with van der Waals surface area (Å²) in [5.74, 6) is -0.743. The van der Waals surface area contributed by atoms with Crippen molar-refractivity contribution in [2.75, 3.05) is 0 Å². The van der Waals surface area contributed by atoms with Gasteiger partial charge < -0.3 is 20.0 Å². The van der Waals surface area contributed by atoms with Crippen molar-refractivity contribution in [1.29, 1.82) is 0 Å². The van der Waals surface area contributed by atoms with Crippen molar-refractivity contribution < 1.29 is 19.0 Å². The molecule has 64 valence electrons. The highest BCUT2D eigenvalue weighted by Crippen LogP contribution is 2.26. The van der Waals surface area contributed by atoms with E-state index >= 15 is 0 Å². The SMILES string of the molecule is NC(=O)C1=C(B(O)O)C=COS1. The van der Waals surface area contributed by atoms with Crippen LogP contribution in [0.4, 0.5) is 0 Å². The van der Waals surface area contributed by atoms with Gasteiger partial charge in [0, 0.05) is 5.47 Å². The van der Waals surface area contributed by atoms with Gasteiger partial charge in [0.1, 0.15) is 11.2 Å². The second kappa shape index (κ2) is 3.66. The molecule has 0 aromatic rings. The molecule has 0 unspecified atom stereocenters. The molecule has 0 bridgehead atoms. The van der Waals surface area contributed by atoms with Gasteiger partial charge in [0.25, 0.3) is 5.91 Å². The lowest BCUT2D eigenvalue weighted by Gasteiger charge is -2.10. The number of primary amides is 1.